The maximum absolute atomic E-state index is 13.8. The van der Waals surface area contributed by atoms with Crippen LogP contribution in [0.4, 0.5) is 23.7 Å². The highest BCUT2D eigenvalue weighted by Gasteiger charge is 2.33. The molecular weight excluding hydrogens is 743 g/mol. The number of tetrazole rings is 1. The van der Waals surface area contributed by atoms with Crippen molar-refractivity contribution in [2.45, 2.75) is 70.1 Å². The summed E-state index contributed by atoms with van der Waals surface area (Å²) in [5, 5.41) is 34.2. The lowest BCUT2D eigenvalue weighted by Crippen LogP contribution is -2.48. The number of alkyl halides is 3. The van der Waals surface area contributed by atoms with Gasteiger partial charge in [0.05, 0.1) is 6.54 Å². The summed E-state index contributed by atoms with van der Waals surface area (Å²) in [6.45, 7) is 1.83. The molecule has 14 nitrogen and oxygen atoms in total. The lowest BCUT2D eigenvalue weighted by atomic mass is 9.81. The number of benzene rings is 3. The molecule has 2 heterocycles. The van der Waals surface area contributed by atoms with Crippen molar-refractivity contribution < 1.29 is 37.5 Å². The molecule has 1 aliphatic heterocycles. The number of rotatable bonds is 13. The number of hydrogen-bond acceptors (Lipinski definition) is 8. The third kappa shape index (κ3) is 11.6. The normalized spacial score (nSPS) is 18.3. The van der Waals surface area contributed by atoms with Gasteiger partial charge in [0, 0.05) is 54.8 Å². The molecule has 6 rings (SSSR count). The smallest absolute Gasteiger partial charge is 0.404 e. The summed E-state index contributed by atoms with van der Waals surface area (Å²) < 4.78 is 38.3. The van der Waals surface area contributed by atoms with Crippen LogP contribution in [0.5, 0.6) is 0 Å². The van der Waals surface area contributed by atoms with Crippen LogP contribution >= 0.6 is 0 Å². The molecule has 1 saturated heterocycles. The summed E-state index contributed by atoms with van der Waals surface area (Å²) in [7, 11) is 0. The molecule has 4 aromatic rings. The van der Waals surface area contributed by atoms with Crippen LogP contribution in [0.25, 0.3) is 22.5 Å². The predicted molar refractivity (Wildman–Crippen MR) is 205 cm³/mol. The highest BCUT2D eigenvalue weighted by Crippen LogP contribution is 2.30. The van der Waals surface area contributed by atoms with E-state index in [-0.39, 0.29) is 49.2 Å². The number of halogens is 3. The van der Waals surface area contributed by atoms with Crippen molar-refractivity contribution in [2.75, 3.05) is 31.5 Å². The number of aromatic amines is 1. The molecule has 17 heteroatoms. The molecule has 1 aromatic heterocycles. The first kappa shape index (κ1) is 40.8. The third-order valence-electron chi connectivity index (χ3n) is 10.7. The highest BCUT2D eigenvalue weighted by molar-refractivity contribution is 5.98. The first-order chi connectivity index (χ1) is 27.3. The topological polar surface area (TPSA) is 194 Å². The van der Waals surface area contributed by atoms with E-state index in [1.165, 1.54) is 4.90 Å². The van der Waals surface area contributed by atoms with E-state index in [0.717, 1.165) is 22.3 Å². The fourth-order valence-corrected chi connectivity index (χ4v) is 7.52. The Kier molecular flexibility index (Phi) is 13.2. The Bertz CT molecular complexity index is 1990. The van der Waals surface area contributed by atoms with Crippen molar-refractivity contribution in [3.05, 3.63) is 83.4 Å². The molecule has 1 aliphatic carbocycles. The van der Waals surface area contributed by atoms with E-state index in [4.69, 9.17) is 5.11 Å². The van der Waals surface area contributed by atoms with E-state index in [2.05, 4.69) is 41.9 Å². The van der Waals surface area contributed by atoms with Gasteiger partial charge in [-0.1, -0.05) is 30.3 Å². The molecule has 6 N–H and O–H groups in total. The minimum Gasteiger partial charge on any atom is -0.465 e. The van der Waals surface area contributed by atoms with Gasteiger partial charge in [0.15, 0.2) is 0 Å². The molecule has 0 spiro atoms. The Labute approximate surface area is 327 Å². The predicted octanol–water partition coefficient (Wildman–Crippen LogP) is 5.34. The van der Waals surface area contributed by atoms with Gasteiger partial charge < -0.3 is 26.4 Å². The van der Waals surface area contributed by atoms with E-state index < -0.39 is 30.8 Å². The Morgan fingerprint density at radius 1 is 0.912 bits per heavy atom. The largest absolute Gasteiger partial charge is 0.465 e. The number of carbonyl (C=O) groups excluding carboxylic acids is 3. The van der Waals surface area contributed by atoms with Crippen LogP contribution in [0.1, 0.15) is 60.0 Å². The second-order valence-corrected chi connectivity index (χ2v) is 14.8. The summed E-state index contributed by atoms with van der Waals surface area (Å²) >= 11 is 0. The summed E-state index contributed by atoms with van der Waals surface area (Å²) in [5.74, 6) is -0.632. The zero-order valence-electron chi connectivity index (χ0n) is 31.4. The van der Waals surface area contributed by atoms with Gasteiger partial charge in [-0.15, -0.1) is 10.2 Å². The molecule has 1 atom stereocenters. The van der Waals surface area contributed by atoms with Crippen LogP contribution in [-0.4, -0.2) is 98.9 Å². The van der Waals surface area contributed by atoms with Gasteiger partial charge in [-0.2, -0.15) is 18.4 Å². The molecule has 302 valence electrons. The molecular formula is C40H46F3N9O5. The van der Waals surface area contributed by atoms with Crippen molar-refractivity contribution in [1.29, 1.82) is 0 Å². The fourth-order valence-electron chi connectivity index (χ4n) is 7.52. The van der Waals surface area contributed by atoms with Gasteiger partial charge in [0.25, 0.3) is 5.91 Å². The average Bonchev–Trinajstić information content (AvgIpc) is 3.73. The standard InChI is InChI=1S/C40H46F3N9O5/c1-24-20-30(37(54)45-32-16-18-52(19-17-32)23-40(41,42)43)12-15-33(24)27-6-2-25(3-7-27)21-34(47-36(53)29-8-4-26(5-9-29)22-44-39(56)57)38(55)46-31-13-10-28(11-14-31)35-48-50-51-49-35/h2-3,6-7,10-15,20,26,29,32,34,44H,4-5,8-9,16-19,21-23H2,1H3,(H,45,54)(H,46,55)(H,47,53)(H,56,57)(H,48,49,50,51)/t26?,29?,34-/m0/s1. The average molecular weight is 790 g/mol. The molecule has 0 unspecified atom stereocenters. The second-order valence-electron chi connectivity index (χ2n) is 14.8. The number of likely N-dealkylation sites (tertiary alicyclic amines) is 1. The van der Waals surface area contributed by atoms with Gasteiger partial charge in [0.2, 0.25) is 17.6 Å². The van der Waals surface area contributed by atoms with Gasteiger partial charge in [-0.25, -0.2) is 4.79 Å². The number of nitrogens with one attached hydrogen (secondary N) is 5. The second kappa shape index (κ2) is 18.4. The van der Waals surface area contributed by atoms with E-state index in [0.29, 0.717) is 67.7 Å². The summed E-state index contributed by atoms with van der Waals surface area (Å²) in [6, 6.07) is 18.8. The monoisotopic (exact) mass is 789 g/mol. The number of carbonyl (C=O) groups is 4. The quantitative estimate of drug-likeness (QED) is 0.104. The number of aryl methyl sites for hydroxylation is 1. The number of anilines is 1. The van der Waals surface area contributed by atoms with E-state index >= 15 is 0 Å². The minimum absolute atomic E-state index is 0.154. The Hall–Kier alpha value is -5.84. The zero-order chi connectivity index (χ0) is 40.5. The summed E-state index contributed by atoms with van der Waals surface area (Å²) in [4.78, 5) is 52.6. The summed E-state index contributed by atoms with van der Waals surface area (Å²) in [5.41, 5.74) is 5.15. The number of piperidine rings is 1. The van der Waals surface area contributed by atoms with Crippen LogP contribution in [0.2, 0.25) is 0 Å². The number of amides is 4. The van der Waals surface area contributed by atoms with Crippen LogP contribution < -0.4 is 21.3 Å². The number of nitrogens with zero attached hydrogens (tertiary/aromatic N) is 4. The highest BCUT2D eigenvalue weighted by atomic mass is 19.4. The molecule has 1 saturated carbocycles. The van der Waals surface area contributed by atoms with Crippen LogP contribution in [0.15, 0.2) is 66.7 Å². The van der Waals surface area contributed by atoms with Crippen molar-refractivity contribution in [3.63, 3.8) is 0 Å². The molecule has 4 amide bonds. The van der Waals surface area contributed by atoms with Gasteiger partial charge in [0.1, 0.15) is 6.04 Å². The van der Waals surface area contributed by atoms with E-state index in [1.54, 1.807) is 36.4 Å². The summed E-state index contributed by atoms with van der Waals surface area (Å²) in [6.07, 6.45) is -1.65. The van der Waals surface area contributed by atoms with E-state index in [9.17, 15) is 32.3 Å². The molecule has 2 fully saturated rings. The Morgan fingerprint density at radius 3 is 2.21 bits per heavy atom. The number of carboxylic acid groups (broad SMARTS) is 1. The SMILES string of the molecule is Cc1cc(C(=O)NC2CCN(CC(F)(F)F)CC2)ccc1-c1ccc(C[C@H](NC(=O)C2CCC(CNC(=O)O)CC2)C(=O)Nc2ccc(-c3nn[nH]n3)cc2)cc1. The number of hydrogen-bond donors (Lipinski definition) is 6. The first-order valence-corrected chi connectivity index (χ1v) is 19.0. The maximum Gasteiger partial charge on any atom is 0.404 e. The molecule has 2 aliphatic rings. The Balaban J connectivity index is 1.09. The number of aromatic nitrogens is 4. The first-order valence-electron chi connectivity index (χ1n) is 19.0. The van der Waals surface area contributed by atoms with Crippen molar-refractivity contribution in [2.24, 2.45) is 11.8 Å². The van der Waals surface area contributed by atoms with Crippen LogP contribution in [0.3, 0.4) is 0 Å². The number of H-pyrrole nitrogens is 1. The van der Waals surface area contributed by atoms with Crippen molar-refractivity contribution >= 4 is 29.5 Å². The van der Waals surface area contributed by atoms with E-state index in [1.807, 2.05) is 37.3 Å². The molecule has 57 heavy (non-hydrogen) atoms. The molecule has 3 aromatic carbocycles. The Morgan fingerprint density at radius 2 is 1.60 bits per heavy atom. The van der Waals surface area contributed by atoms with Crippen LogP contribution in [-0.2, 0) is 16.0 Å². The van der Waals surface area contributed by atoms with Gasteiger partial charge >= 0.3 is 12.3 Å². The maximum atomic E-state index is 13.8. The minimum atomic E-state index is -4.24. The fraction of sp³-hybridized carbons (Fsp3) is 0.425. The lowest BCUT2D eigenvalue weighted by Gasteiger charge is -2.32. The van der Waals surface area contributed by atoms with Crippen molar-refractivity contribution in [1.82, 2.24) is 41.5 Å². The zero-order valence-corrected chi connectivity index (χ0v) is 31.4. The third-order valence-corrected chi connectivity index (χ3v) is 10.7. The van der Waals surface area contributed by atoms with Crippen molar-refractivity contribution in [3.8, 4) is 22.5 Å². The van der Waals surface area contributed by atoms with Gasteiger partial charge in [-0.05, 0) is 115 Å². The lowest BCUT2D eigenvalue weighted by molar-refractivity contribution is -0.148. The molecule has 0 radical (unpaired) electrons. The van der Waals surface area contributed by atoms with Gasteiger partial charge in [-0.3, -0.25) is 19.3 Å². The molecule has 0 bridgehead atoms. The van der Waals surface area contributed by atoms with Crippen LogP contribution in [0, 0.1) is 18.8 Å².